The van der Waals surface area contributed by atoms with Crippen molar-refractivity contribution in [2.24, 2.45) is 0 Å². The summed E-state index contributed by atoms with van der Waals surface area (Å²) in [5, 5.41) is 10.8. The number of aromatic nitrogens is 2. The predicted molar refractivity (Wildman–Crippen MR) is 112 cm³/mol. The van der Waals surface area contributed by atoms with Gasteiger partial charge in [-0.1, -0.05) is 11.6 Å². The molecule has 29 heavy (non-hydrogen) atoms. The number of anilines is 1. The highest BCUT2D eigenvalue weighted by Crippen LogP contribution is 2.40. The van der Waals surface area contributed by atoms with E-state index in [-0.39, 0.29) is 12.1 Å². The molecule has 1 aliphatic rings. The number of carbonyl (C=O) groups excluding carboxylic acids is 1. The lowest BCUT2D eigenvalue weighted by atomic mass is 10.0. The zero-order valence-electron chi connectivity index (χ0n) is 16.1. The Bertz CT molecular complexity index is 1160. The number of amides is 1. The number of nitrogens with two attached hydrogens (primary N) is 1. The number of nitriles is 1. The molecule has 1 aliphatic heterocycles. The van der Waals surface area contributed by atoms with Crippen molar-refractivity contribution in [2.45, 2.75) is 19.4 Å². The topological polar surface area (TPSA) is 97.2 Å². The number of carbonyl (C=O) groups is 1. The van der Waals surface area contributed by atoms with Crippen LogP contribution in [-0.2, 0) is 4.74 Å². The van der Waals surface area contributed by atoms with Crippen molar-refractivity contribution in [3.8, 4) is 17.2 Å². The van der Waals surface area contributed by atoms with Gasteiger partial charge in [0.15, 0.2) is 0 Å². The second-order valence-corrected chi connectivity index (χ2v) is 7.57. The van der Waals surface area contributed by atoms with Crippen LogP contribution in [0.3, 0.4) is 0 Å². The fourth-order valence-corrected chi connectivity index (χ4v) is 4.15. The number of methoxy groups -OCH3 is 1. The van der Waals surface area contributed by atoms with Crippen LogP contribution in [0.4, 0.5) is 10.5 Å². The summed E-state index contributed by atoms with van der Waals surface area (Å²) in [6.07, 6.45) is 5.69. The third-order valence-corrected chi connectivity index (χ3v) is 5.91. The van der Waals surface area contributed by atoms with Gasteiger partial charge >= 0.3 is 6.09 Å². The van der Waals surface area contributed by atoms with Gasteiger partial charge in [-0.2, -0.15) is 5.26 Å². The lowest BCUT2D eigenvalue weighted by Gasteiger charge is -2.16. The van der Waals surface area contributed by atoms with Gasteiger partial charge in [-0.15, -0.1) is 0 Å². The van der Waals surface area contributed by atoms with E-state index in [9.17, 15) is 10.1 Å². The number of aryl methyl sites for hydroxylation is 1. The van der Waals surface area contributed by atoms with Crippen LogP contribution in [0.15, 0.2) is 30.7 Å². The molecule has 8 heteroatoms. The lowest BCUT2D eigenvalue weighted by molar-refractivity contribution is 0.132. The van der Waals surface area contributed by atoms with E-state index >= 15 is 0 Å². The molecule has 2 N–H and O–H groups in total. The first-order chi connectivity index (χ1) is 13.9. The Kier molecular flexibility index (Phi) is 4.81. The Hall–Kier alpha value is -3.24. The molecule has 1 aromatic carbocycles. The summed E-state index contributed by atoms with van der Waals surface area (Å²) in [6, 6.07) is 6.22. The van der Waals surface area contributed by atoms with Crippen LogP contribution in [0.2, 0.25) is 5.02 Å². The van der Waals surface area contributed by atoms with E-state index in [2.05, 4.69) is 15.6 Å². The summed E-state index contributed by atoms with van der Waals surface area (Å²) >= 11 is 6.48. The number of nitrogens with zero attached hydrogens (tertiary/aromatic N) is 4. The van der Waals surface area contributed by atoms with Crippen LogP contribution < -0.4 is 5.73 Å². The maximum absolute atomic E-state index is 11.9. The van der Waals surface area contributed by atoms with E-state index in [1.54, 1.807) is 11.1 Å². The van der Waals surface area contributed by atoms with Crippen LogP contribution >= 0.6 is 11.6 Å². The van der Waals surface area contributed by atoms with Crippen molar-refractivity contribution in [3.05, 3.63) is 46.9 Å². The lowest BCUT2D eigenvalue weighted by Crippen LogP contribution is -2.28. The second-order valence-electron chi connectivity index (χ2n) is 7.19. The number of benzene rings is 1. The van der Waals surface area contributed by atoms with Crippen molar-refractivity contribution in [1.82, 2.24) is 14.5 Å². The first-order valence-corrected chi connectivity index (χ1v) is 9.60. The first kappa shape index (κ1) is 19.1. The number of halogens is 1. The van der Waals surface area contributed by atoms with Crippen LogP contribution in [0, 0.1) is 18.3 Å². The molecule has 3 heterocycles. The molecule has 7 nitrogen and oxygen atoms in total. The standard InChI is InChI=1S/C21H20ClN5O2/c1-12-5-19-15(6-13(12)7-23)17(16-8-25-9-18(24)20(16)22)11-27(19)14-3-4-26(10-14)21(28)29-2/h5-6,8-9,11,14H,3-4,10,24H2,1-2H3. The Balaban J connectivity index is 1.90. The third kappa shape index (κ3) is 3.15. The summed E-state index contributed by atoms with van der Waals surface area (Å²) in [6.45, 7) is 3.10. The highest BCUT2D eigenvalue weighted by molar-refractivity contribution is 6.36. The molecule has 3 aromatic rings. The molecule has 0 spiro atoms. The quantitative estimate of drug-likeness (QED) is 0.686. The minimum atomic E-state index is -0.324. The molecule has 148 valence electrons. The molecule has 1 fully saturated rings. The van der Waals surface area contributed by atoms with Crippen LogP contribution in [0.25, 0.3) is 22.0 Å². The number of likely N-dealkylation sites (tertiary alicyclic amines) is 1. The zero-order valence-corrected chi connectivity index (χ0v) is 16.9. The summed E-state index contributed by atoms with van der Waals surface area (Å²) in [5.41, 5.74) is 10.4. The van der Waals surface area contributed by atoms with Crippen LogP contribution in [0.5, 0.6) is 0 Å². The molecule has 1 atom stereocenters. The number of hydrogen-bond donors (Lipinski definition) is 1. The molecule has 4 rings (SSSR count). The van der Waals surface area contributed by atoms with Crippen molar-refractivity contribution < 1.29 is 9.53 Å². The van der Waals surface area contributed by atoms with Gasteiger partial charge in [0.2, 0.25) is 0 Å². The molecular formula is C21H20ClN5O2. The van der Waals surface area contributed by atoms with E-state index < -0.39 is 0 Å². The Labute approximate surface area is 173 Å². The maximum atomic E-state index is 11.9. The van der Waals surface area contributed by atoms with Gasteiger partial charge in [0, 0.05) is 47.5 Å². The fourth-order valence-electron chi connectivity index (χ4n) is 3.95. The minimum Gasteiger partial charge on any atom is -0.453 e. The van der Waals surface area contributed by atoms with Gasteiger partial charge in [-0.25, -0.2) is 4.79 Å². The molecule has 1 saturated heterocycles. The van der Waals surface area contributed by atoms with Crippen LogP contribution in [0.1, 0.15) is 23.6 Å². The zero-order chi connectivity index (χ0) is 20.7. The average molecular weight is 410 g/mol. The molecule has 1 amide bonds. The summed E-state index contributed by atoms with van der Waals surface area (Å²) in [7, 11) is 1.39. The average Bonchev–Trinajstić information content (AvgIpc) is 3.33. The number of fused-ring (bicyclic) bond motifs is 1. The Morgan fingerprint density at radius 3 is 2.90 bits per heavy atom. The van der Waals surface area contributed by atoms with E-state index in [4.69, 9.17) is 22.1 Å². The van der Waals surface area contributed by atoms with Crippen LogP contribution in [-0.4, -0.2) is 40.7 Å². The molecule has 0 radical (unpaired) electrons. The van der Waals surface area contributed by atoms with Gasteiger partial charge < -0.3 is 19.9 Å². The third-order valence-electron chi connectivity index (χ3n) is 5.49. The van der Waals surface area contributed by atoms with E-state index in [0.717, 1.165) is 28.5 Å². The molecule has 1 unspecified atom stereocenters. The molecule has 0 bridgehead atoms. The van der Waals surface area contributed by atoms with Gasteiger partial charge in [0.05, 0.1) is 41.7 Å². The Morgan fingerprint density at radius 1 is 1.38 bits per heavy atom. The number of rotatable bonds is 2. The molecule has 0 saturated carbocycles. The number of nitrogen functional groups attached to an aromatic ring is 1. The van der Waals surface area contributed by atoms with E-state index in [0.29, 0.717) is 34.9 Å². The van der Waals surface area contributed by atoms with E-state index in [1.807, 2.05) is 25.3 Å². The second kappa shape index (κ2) is 7.30. The van der Waals surface area contributed by atoms with Crippen molar-refractivity contribution in [3.63, 3.8) is 0 Å². The first-order valence-electron chi connectivity index (χ1n) is 9.22. The normalized spacial score (nSPS) is 16.2. The molecule has 0 aliphatic carbocycles. The monoisotopic (exact) mass is 409 g/mol. The highest BCUT2D eigenvalue weighted by atomic mass is 35.5. The largest absolute Gasteiger partial charge is 0.453 e. The van der Waals surface area contributed by atoms with E-state index in [1.165, 1.54) is 13.3 Å². The minimum absolute atomic E-state index is 0.0884. The highest BCUT2D eigenvalue weighted by Gasteiger charge is 2.29. The van der Waals surface area contributed by atoms with Gasteiger partial charge in [0.1, 0.15) is 0 Å². The molecular weight excluding hydrogens is 390 g/mol. The van der Waals surface area contributed by atoms with Crippen molar-refractivity contribution in [1.29, 1.82) is 5.26 Å². The van der Waals surface area contributed by atoms with Gasteiger partial charge in [0.25, 0.3) is 0 Å². The Morgan fingerprint density at radius 2 is 2.17 bits per heavy atom. The summed E-state index contributed by atoms with van der Waals surface area (Å²) < 4.78 is 7.01. The fraction of sp³-hybridized carbons (Fsp3) is 0.286. The van der Waals surface area contributed by atoms with Gasteiger partial charge in [-0.3, -0.25) is 4.98 Å². The number of hydrogen-bond acceptors (Lipinski definition) is 5. The maximum Gasteiger partial charge on any atom is 0.409 e. The summed E-state index contributed by atoms with van der Waals surface area (Å²) in [5.74, 6) is 0. The number of pyridine rings is 1. The predicted octanol–water partition coefficient (Wildman–Crippen LogP) is 4.13. The van der Waals surface area contributed by atoms with Crippen molar-refractivity contribution >= 4 is 34.3 Å². The SMILES string of the molecule is COC(=O)N1CCC(n2cc(-c3cncc(N)c3Cl)c3cc(C#N)c(C)cc32)C1. The molecule has 2 aromatic heterocycles. The summed E-state index contributed by atoms with van der Waals surface area (Å²) in [4.78, 5) is 17.8. The smallest absolute Gasteiger partial charge is 0.409 e. The van der Waals surface area contributed by atoms with Crippen molar-refractivity contribution in [2.75, 3.05) is 25.9 Å². The number of ether oxygens (including phenoxy) is 1. The van der Waals surface area contributed by atoms with Gasteiger partial charge in [-0.05, 0) is 31.0 Å².